The first-order valence-electron chi connectivity index (χ1n) is 10.2. The Hall–Kier alpha value is -2.95. The maximum Gasteiger partial charge on any atom is 0.266 e. The van der Waals surface area contributed by atoms with Crippen LogP contribution in [0.5, 0.6) is 0 Å². The molecule has 1 unspecified atom stereocenters. The van der Waals surface area contributed by atoms with Crippen LogP contribution >= 0.6 is 0 Å². The lowest BCUT2D eigenvalue weighted by Crippen LogP contribution is -2.34. The number of aromatic nitrogens is 2. The zero-order valence-corrected chi connectivity index (χ0v) is 17.9. The molecule has 0 radical (unpaired) electrons. The van der Waals surface area contributed by atoms with Gasteiger partial charge < -0.3 is 4.90 Å². The predicted molar refractivity (Wildman–Crippen MR) is 118 cm³/mol. The lowest BCUT2D eigenvalue weighted by molar-refractivity contribution is -0.132. The molecule has 152 valence electrons. The molecule has 1 heterocycles. The van der Waals surface area contributed by atoms with Crippen LogP contribution in [0.3, 0.4) is 0 Å². The molecule has 0 aliphatic carbocycles. The highest BCUT2D eigenvalue weighted by Gasteiger charge is 2.24. The van der Waals surface area contributed by atoms with E-state index in [1.54, 1.807) is 22.6 Å². The largest absolute Gasteiger partial charge is 0.336 e. The molecule has 0 bridgehead atoms. The van der Waals surface area contributed by atoms with Gasteiger partial charge in [-0.1, -0.05) is 31.5 Å². The van der Waals surface area contributed by atoms with Gasteiger partial charge in [0.1, 0.15) is 5.82 Å². The second-order valence-electron chi connectivity index (χ2n) is 7.68. The maximum absolute atomic E-state index is 13.4. The predicted octanol–water partition coefficient (Wildman–Crippen LogP) is 4.71. The number of para-hydroxylation sites is 1. The molecule has 0 spiro atoms. The first kappa shape index (κ1) is 20.8. The van der Waals surface area contributed by atoms with E-state index in [2.05, 4.69) is 6.92 Å². The van der Waals surface area contributed by atoms with Gasteiger partial charge in [-0.3, -0.25) is 14.2 Å². The molecule has 1 atom stereocenters. The van der Waals surface area contributed by atoms with Gasteiger partial charge in [0.25, 0.3) is 5.56 Å². The van der Waals surface area contributed by atoms with Gasteiger partial charge in [-0.05, 0) is 62.6 Å². The average molecular weight is 392 g/mol. The van der Waals surface area contributed by atoms with Crippen LogP contribution in [0, 0.1) is 13.8 Å². The number of fused-ring (bicyclic) bond motifs is 1. The van der Waals surface area contributed by atoms with Gasteiger partial charge in [0.2, 0.25) is 5.91 Å². The van der Waals surface area contributed by atoms with Crippen LogP contribution in [0.15, 0.2) is 47.3 Å². The summed E-state index contributed by atoms with van der Waals surface area (Å²) in [7, 11) is 1.79. The monoisotopic (exact) mass is 391 g/mol. The number of carbonyl (C=O) groups excluding carboxylic acids is 1. The fourth-order valence-electron chi connectivity index (χ4n) is 3.44. The zero-order valence-electron chi connectivity index (χ0n) is 17.9. The van der Waals surface area contributed by atoms with Crippen molar-refractivity contribution in [2.45, 2.75) is 53.0 Å². The molecule has 0 saturated carbocycles. The van der Waals surface area contributed by atoms with Crippen molar-refractivity contribution < 1.29 is 4.79 Å². The second kappa shape index (κ2) is 8.60. The molecule has 0 saturated heterocycles. The number of aryl methyl sites for hydroxylation is 2. The van der Waals surface area contributed by atoms with E-state index in [9.17, 15) is 9.59 Å². The van der Waals surface area contributed by atoms with Crippen molar-refractivity contribution in [3.8, 4) is 5.69 Å². The van der Waals surface area contributed by atoms with Crippen LogP contribution in [-0.4, -0.2) is 27.4 Å². The van der Waals surface area contributed by atoms with Crippen molar-refractivity contribution in [1.82, 2.24) is 14.5 Å². The van der Waals surface area contributed by atoms with Gasteiger partial charge in [0.15, 0.2) is 0 Å². The number of carbonyl (C=O) groups is 1. The number of nitrogens with zero attached hydrogens (tertiary/aromatic N) is 3. The number of hydrogen-bond donors (Lipinski definition) is 0. The zero-order chi connectivity index (χ0) is 21.1. The lowest BCUT2D eigenvalue weighted by atomic mass is 10.1. The molecule has 5 nitrogen and oxygen atoms in total. The fourth-order valence-corrected chi connectivity index (χ4v) is 3.44. The van der Waals surface area contributed by atoms with Crippen LogP contribution in [0.4, 0.5) is 0 Å². The van der Waals surface area contributed by atoms with E-state index in [1.165, 1.54) is 0 Å². The first-order valence-corrected chi connectivity index (χ1v) is 10.2. The molecule has 5 heteroatoms. The first-order chi connectivity index (χ1) is 13.8. The smallest absolute Gasteiger partial charge is 0.266 e. The lowest BCUT2D eigenvalue weighted by Gasteiger charge is -2.27. The van der Waals surface area contributed by atoms with Crippen molar-refractivity contribution in [2.75, 3.05) is 7.05 Å². The Bertz CT molecular complexity index is 1100. The molecule has 1 aromatic heterocycles. The molecule has 3 aromatic rings. The van der Waals surface area contributed by atoms with Crippen LogP contribution in [0.2, 0.25) is 0 Å². The van der Waals surface area contributed by atoms with E-state index < -0.39 is 0 Å². The van der Waals surface area contributed by atoms with Gasteiger partial charge >= 0.3 is 0 Å². The summed E-state index contributed by atoms with van der Waals surface area (Å²) in [5.41, 5.74) is 3.57. The molecule has 0 aliphatic heterocycles. The van der Waals surface area contributed by atoms with Crippen LogP contribution in [-0.2, 0) is 4.79 Å². The number of hydrogen-bond acceptors (Lipinski definition) is 3. The summed E-state index contributed by atoms with van der Waals surface area (Å²) in [5.74, 6) is 0.637. The van der Waals surface area contributed by atoms with E-state index in [-0.39, 0.29) is 17.5 Å². The van der Waals surface area contributed by atoms with Crippen LogP contribution in [0.1, 0.15) is 56.1 Å². The summed E-state index contributed by atoms with van der Waals surface area (Å²) in [4.78, 5) is 32.6. The second-order valence-corrected chi connectivity index (χ2v) is 7.68. The van der Waals surface area contributed by atoms with Crippen molar-refractivity contribution >= 4 is 16.8 Å². The molecular formula is C24H29N3O2. The van der Waals surface area contributed by atoms with Crippen molar-refractivity contribution in [3.05, 3.63) is 69.8 Å². The summed E-state index contributed by atoms with van der Waals surface area (Å²) in [5, 5.41) is 0.571. The molecule has 0 fully saturated rings. The normalized spacial score (nSPS) is 12.2. The highest BCUT2D eigenvalue weighted by Crippen LogP contribution is 2.23. The third kappa shape index (κ3) is 4.09. The topological polar surface area (TPSA) is 55.2 Å². The van der Waals surface area contributed by atoms with E-state index in [4.69, 9.17) is 4.98 Å². The molecule has 29 heavy (non-hydrogen) atoms. The van der Waals surface area contributed by atoms with Crippen molar-refractivity contribution in [2.24, 2.45) is 0 Å². The summed E-state index contributed by atoms with van der Waals surface area (Å²) < 4.78 is 1.66. The Balaban J connectivity index is 2.20. The van der Waals surface area contributed by atoms with Gasteiger partial charge in [-0.15, -0.1) is 0 Å². The standard InChI is InChI=1S/C24H29N3O2/c1-6-7-12-22(28)26(5)18(4)23-25-21-11-9-8-10-20(21)24(29)27(23)19-14-13-16(2)17(3)15-19/h8-11,13-15,18H,6-7,12H2,1-5H3. The highest BCUT2D eigenvalue weighted by atomic mass is 16.2. The van der Waals surface area contributed by atoms with E-state index in [1.807, 2.05) is 57.2 Å². The molecule has 0 aliphatic rings. The van der Waals surface area contributed by atoms with E-state index in [0.29, 0.717) is 23.1 Å². The Morgan fingerprint density at radius 2 is 1.86 bits per heavy atom. The number of amides is 1. The summed E-state index contributed by atoms with van der Waals surface area (Å²) >= 11 is 0. The van der Waals surface area contributed by atoms with Gasteiger partial charge in [0.05, 0.1) is 22.6 Å². The van der Waals surface area contributed by atoms with E-state index >= 15 is 0 Å². The summed E-state index contributed by atoms with van der Waals surface area (Å²) in [6.45, 7) is 8.07. The number of benzene rings is 2. The summed E-state index contributed by atoms with van der Waals surface area (Å²) in [6.07, 6.45) is 2.32. The van der Waals surface area contributed by atoms with Crippen LogP contribution in [0.25, 0.3) is 16.6 Å². The van der Waals surface area contributed by atoms with E-state index in [0.717, 1.165) is 29.7 Å². The number of unbranched alkanes of at least 4 members (excludes halogenated alkanes) is 1. The Kier molecular flexibility index (Phi) is 6.16. The molecule has 1 amide bonds. The minimum absolute atomic E-state index is 0.0633. The quantitative estimate of drug-likeness (QED) is 0.611. The Morgan fingerprint density at radius 1 is 1.14 bits per heavy atom. The third-order valence-corrected chi connectivity index (χ3v) is 5.64. The minimum Gasteiger partial charge on any atom is -0.336 e. The number of rotatable bonds is 6. The van der Waals surface area contributed by atoms with Crippen molar-refractivity contribution in [1.29, 1.82) is 0 Å². The molecular weight excluding hydrogens is 362 g/mol. The third-order valence-electron chi connectivity index (χ3n) is 5.64. The average Bonchev–Trinajstić information content (AvgIpc) is 2.73. The Morgan fingerprint density at radius 3 is 2.55 bits per heavy atom. The molecule has 2 aromatic carbocycles. The fraction of sp³-hybridized carbons (Fsp3) is 0.375. The summed E-state index contributed by atoms with van der Waals surface area (Å²) in [6, 6.07) is 13.0. The SMILES string of the molecule is CCCCC(=O)N(C)C(C)c1nc2ccccc2c(=O)n1-c1ccc(C)c(C)c1. The van der Waals surface area contributed by atoms with Crippen molar-refractivity contribution in [3.63, 3.8) is 0 Å². The minimum atomic E-state index is -0.335. The molecule has 0 N–H and O–H groups in total. The maximum atomic E-state index is 13.4. The van der Waals surface area contributed by atoms with Gasteiger partial charge in [-0.25, -0.2) is 4.98 Å². The Labute approximate surface area is 172 Å². The van der Waals surface area contributed by atoms with Crippen LogP contribution < -0.4 is 5.56 Å². The molecule has 3 rings (SSSR count). The van der Waals surface area contributed by atoms with Gasteiger partial charge in [0, 0.05) is 13.5 Å². The van der Waals surface area contributed by atoms with Gasteiger partial charge in [-0.2, -0.15) is 0 Å². The highest BCUT2D eigenvalue weighted by molar-refractivity contribution is 5.78.